The van der Waals surface area contributed by atoms with Crippen LogP contribution in [0.5, 0.6) is 6.01 Å². The zero-order chi connectivity index (χ0) is 12.5. The molecule has 1 fully saturated rings. The van der Waals surface area contributed by atoms with Gasteiger partial charge >= 0.3 is 6.01 Å². The van der Waals surface area contributed by atoms with Crippen LogP contribution >= 0.6 is 12.2 Å². The van der Waals surface area contributed by atoms with Crippen molar-refractivity contribution in [3.05, 3.63) is 28.9 Å². The third-order valence-electron chi connectivity index (χ3n) is 2.85. The second-order valence-electron chi connectivity index (χ2n) is 4.25. The van der Waals surface area contributed by atoms with Crippen LogP contribution in [0.4, 0.5) is 0 Å². The first-order chi connectivity index (χ1) is 8.76. The van der Waals surface area contributed by atoms with Gasteiger partial charge in [0.15, 0.2) is 0 Å². The van der Waals surface area contributed by atoms with E-state index in [4.69, 9.17) is 17.0 Å². The number of methoxy groups -OCH3 is 1. The van der Waals surface area contributed by atoms with Crippen molar-refractivity contribution < 1.29 is 4.74 Å². The van der Waals surface area contributed by atoms with Crippen LogP contribution in [-0.2, 0) is 0 Å². The van der Waals surface area contributed by atoms with E-state index in [1.165, 1.54) is 12.8 Å². The summed E-state index contributed by atoms with van der Waals surface area (Å²) in [5.74, 6) is 1.50. The molecule has 2 heterocycles. The fourth-order valence-corrected chi connectivity index (χ4v) is 1.96. The lowest BCUT2D eigenvalue weighted by Gasteiger charge is -2.05. The lowest BCUT2D eigenvalue weighted by molar-refractivity contribution is 0.380. The predicted molar refractivity (Wildman–Crippen MR) is 69.0 cm³/mol. The molecule has 2 aromatic rings. The standard InChI is InChI=1S/C12H12N4OS/c1-17-12-13-5-8(6-14-12)9-4-10(18)16-11(15-9)7-2-3-7/h4-7H,2-3H2,1H3,(H,15,16,18). The molecule has 0 radical (unpaired) electrons. The number of rotatable bonds is 3. The van der Waals surface area contributed by atoms with Gasteiger partial charge in [0.2, 0.25) is 0 Å². The van der Waals surface area contributed by atoms with Crippen LogP contribution in [0.2, 0.25) is 0 Å². The van der Waals surface area contributed by atoms with Gasteiger partial charge in [-0.2, -0.15) is 0 Å². The average molecular weight is 260 g/mol. The summed E-state index contributed by atoms with van der Waals surface area (Å²) in [5, 5.41) is 0. The van der Waals surface area contributed by atoms with Gasteiger partial charge in [-0.1, -0.05) is 12.2 Å². The molecule has 0 aromatic carbocycles. The van der Waals surface area contributed by atoms with Crippen molar-refractivity contribution in [2.24, 2.45) is 0 Å². The summed E-state index contributed by atoms with van der Waals surface area (Å²) in [5.41, 5.74) is 1.78. The quantitative estimate of drug-likeness (QED) is 0.859. The first-order valence-corrected chi connectivity index (χ1v) is 6.15. The van der Waals surface area contributed by atoms with Gasteiger partial charge in [0.25, 0.3) is 0 Å². The van der Waals surface area contributed by atoms with Crippen molar-refractivity contribution in [3.8, 4) is 17.3 Å². The molecule has 0 amide bonds. The minimum absolute atomic E-state index is 0.355. The Balaban J connectivity index is 2.01. The summed E-state index contributed by atoms with van der Waals surface area (Å²) in [6.45, 7) is 0. The molecule has 5 nitrogen and oxygen atoms in total. The Morgan fingerprint density at radius 3 is 2.67 bits per heavy atom. The molecule has 1 aliphatic carbocycles. The maximum absolute atomic E-state index is 5.19. The Hall–Kier alpha value is -1.82. The highest BCUT2D eigenvalue weighted by molar-refractivity contribution is 7.71. The lowest BCUT2D eigenvalue weighted by Crippen LogP contribution is -1.97. The Morgan fingerprint density at radius 1 is 1.33 bits per heavy atom. The lowest BCUT2D eigenvalue weighted by atomic mass is 10.2. The van der Waals surface area contributed by atoms with Gasteiger partial charge in [0, 0.05) is 23.9 Å². The maximum atomic E-state index is 5.19. The van der Waals surface area contributed by atoms with Gasteiger partial charge in [-0.05, 0) is 18.9 Å². The van der Waals surface area contributed by atoms with Gasteiger partial charge in [-0.25, -0.2) is 15.0 Å². The van der Waals surface area contributed by atoms with E-state index in [9.17, 15) is 0 Å². The minimum Gasteiger partial charge on any atom is -0.467 e. The van der Waals surface area contributed by atoms with Crippen LogP contribution in [0.25, 0.3) is 11.3 Å². The first kappa shape index (κ1) is 11.3. The van der Waals surface area contributed by atoms with Gasteiger partial charge in [-0.15, -0.1) is 0 Å². The minimum atomic E-state index is 0.355. The number of aromatic nitrogens is 4. The van der Waals surface area contributed by atoms with Gasteiger partial charge in [0.05, 0.1) is 12.8 Å². The molecule has 6 heteroatoms. The zero-order valence-corrected chi connectivity index (χ0v) is 10.7. The normalized spacial score (nSPS) is 14.5. The predicted octanol–water partition coefficient (Wildman–Crippen LogP) is 2.48. The molecule has 18 heavy (non-hydrogen) atoms. The summed E-state index contributed by atoms with van der Waals surface area (Å²) < 4.78 is 5.53. The highest BCUT2D eigenvalue weighted by Gasteiger charge is 2.26. The van der Waals surface area contributed by atoms with Crippen LogP contribution in [0, 0.1) is 4.64 Å². The summed E-state index contributed by atoms with van der Waals surface area (Å²) in [6, 6.07) is 2.18. The molecule has 0 aliphatic heterocycles. The third kappa shape index (κ3) is 2.24. The van der Waals surface area contributed by atoms with Crippen LogP contribution in [0.1, 0.15) is 24.6 Å². The summed E-state index contributed by atoms with van der Waals surface area (Å²) in [6.07, 6.45) is 5.79. The monoisotopic (exact) mass is 260 g/mol. The molecule has 1 N–H and O–H groups in total. The Morgan fingerprint density at radius 2 is 2.06 bits per heavy atom. The molecule has 0 spiro atoms. The van der Waals surface area contributed by atoms with Crippen LogP contribution in [0.3, 0.4) is 0 Å². The molecule has 0 saturated heterocycles. The van der Waals surface area contributed by atoms with Crippen molar-refractivity contribution in [3.63, 3.8) is 0 Å². The van der Waals surface area contributed by atoms with Crippen LogP contribution < -0.4 is 4.74 Å². The fraction of sp³-hybridized carbons (Fsp3) is 0.333. The number of H-pyrrole nitrogens is 1. The van der Waals surface area contributed by atoms with Crippen molar-refractivity contribution in [2.75, 3.05) is 7.11 Å². The number of aromatic amines is 1. The molecule has 1 saturated carbocycles. The SMILES string of the molecule is COc1ncc(-c2cc(=S)nc(C3CC3)[nH]2)cn1. The maximum Gasteiger partial charge on any atom is 0.316 e. The van der Waals surface area contributed by atoms with E-state index in [0.717, 1.165) is 17.1 Å². The fourth-order valence-electron chi connectivity index (χ4n) is 1.74. The molecular weight excluding hydrogens is 248 g/mol. The van der Waals surface area contributed by atoms with E-state index in [1.54, 1.807) is 19.5 Å². The zero-order valence-electron chi connectivity index (χ0n) is 9.88. The molecule has 0 bridgehead atoms. The van der Waals surface area contributed by atoms with E-state index < -0.39 is 0 Å². The van der Waals surface area contributed by atoms with E-state index in [0.29, 0.717) is 16.6 Å². The highest BCUT2D eigenvalue weighted by atomic mass is 32.1. The molecule has 0 atom stereocenters. The number of nitrogens with zero attached hydrogens (tertiary/aromatic N) is 3. The molecule has 92 valence electrons. The van der Waals surface area contributed by atoms with Gasteiger partial charge in [-0.3, -0.25) is 0 Å². The van der Waals surface area contributed by atoms with Crippen molar-refractivity contribution >= 4 is 12.2 Å². The molecule has 1 aliphatic rings. The molecule has 0 unspecified atom stereocenters. The number of hydrogen-bond acceptors (Lipinski definition) is 5. The van der Waals surface area contributed by atoms with Gasteiger partial charge in [0.1, 0.15) is 10.5 Å². The Bertz CT molecular complexity index is 619. The number of ether oxygens (including phenoxy) is 1. The topological polar surface area (TPSA) is 63.7 Å². The molecule has 3 rings (SSSR count). The highest BCUT2D eigenvalue weighted by Crippen LogP contribution is 2.38. The van der Waals surface area contributed by atoms with E-state index >= 15 is 0 Å². The second-order valence-corrected chi connectivity index (χ2v) is 4.67. The van der Waals surface area contributed by atoms with Crippen molar-refractivity contribution in [2.45, 2.75) is 18.8 Å². The summed E-state index contributed by atoms with van der Waals surface area (Å²) in [4.78, 5) is 15.8. The second kappa shape index (κ2) is 4.45. The van der Waals surface area contributed by atoms with Gasteiger partial charge < -0.3 is 9.72 Å². The third-order valence-corrected chi connectivity index (χ3v) is 3.06. The van der Waals surface area contributed by atoms with E-state index in [2.05, 4.69) is 19.9 Å². The molecule has 2 aromatic heterocycles. The number of nitrogens with one attached hydrogen (secondary N) is 1. The van der Waals surface area contributed by atoms with Crippen molar-refractivity contribution in [1.82, 2.24) is 19.9 Å². The largest absolute Gasteiger partial charge is 0.467 e. The summed E-state index contributed by atoms with van der Waals surface area (Å²) in [7, 11) is 1.54. The first-order valence-electron chi connectivity index (χ1n) is 5.74. The van der Waals surface area contributed by atoms with E-state index in [-0.39, 0.29) is 0 Å². The summed E-state index contributed by atoms with van der Waals surface area (Å²) >= 11 is 5.19. The number of hydrogen-bond donors (Lipinski definition) is 1. The van der Waals surface area contributed by atoms with E-state index in [1.807, 2.05) is 6.07 Å². The smallest absolute Gasteiger partial charge is 0.316 e. The van der Waals surface area contributed by atoms with Crippen molar-refractivity contribution in [1.29, 1.82) is 0 Å². The van der Waals surface area contributed by atoms with Crippen LogP contribution in [-0.4, -0.2) is 27.0 Å². The molecular formula is C12H12N4OS. The van der Waals surface area contributed by atoms with Crippen LogP contribution in [0.15, 0.2) is 18.5 Å². The Kier molecular flexibility index (Phi) is 2.79. The average Bonchev–Trinajstić information content (AvgIpc) is 3.22. The Labute approximate surface area is 109 Å².